The largest absolute Gasteiger partial charge is 0.491 e. The molecule has 4 nitrogen and oxygen atoms in total. The van der Waals surface area contributed by atoms with E-state index < -0.39 is 0 Å². The van der Waals surface area contributed by atoms with E-state index in [0.29, 0.717) is 11.6 Å². The number of hydrogen-bond acceptors (Lipinski definition) is 4. The third-order valence-electron chi connectivity index (χ3n) is 4.83. The summed E-state index contributed by atoms with van der Waals surface area (Å²) >= 11 is 6.11. The Morgan fingerprint density at radius 2 is 1.78 bits per heavy atom. The number of benzene rings is 1. The van der Waals surface area contributed by atoms with Gasteiger partial charge in [-0.3, -0.25) is 9.80 Å². The number of piperidine rings is 1. The minimum absolute atomic E-state index is 0.691. The first-order valence-corrected chi connectivity index (χ1v) is 9.09. The number of ether oxygens (including phenoxy) is 2. The van der Waals surface area contributed by atoms with Crippen LogP contribution in [0.25, 0.3) is 0 Å². The van der Waals surface area contributed by atoms with Gasteiger partial charge in [0.15, 0.2) is 0 Å². The molecular weight excluding hydrogens is 312 g/mol. The van der Waals surface area contributed by atoms with Crippen molar-refractivity contribution in [2.75, 3.05) is 59.1 Å². The van der Waals surface area contributed by atoms with Crippen molar-refractivity contribution >= 4 is 11.6 Å². The number of halogens is 1. The maximum atomic E-state index is 6.11. The average molecular weight is 339 g/mol. The Kier molecular flexibility index (Phi) is 6.57. The molecule has 0 radical (unpaired) electrons. The summed E-state index contributed by atoms with van der Waals surface area (Å²) in [5, 5.41) is 0.691. The molecule has 2 aliphatic heterocycles. The van der Waals surface area contributed by atoms with Crippen molar-refractivity contribution in [2.24, 2.45) is 5.92 Å². The first kappa shape index (κ1) is 17.0. The second-order valence-electron chi connectivity index (χ2n) is 6.48. The standard InChI is InChI=1S/C18H27ClN2O2/c19-17-3-1-2-4-18(17)23-14-11-20-7-5-16(6-8-20)15-21-9-12-22-13-10-21/h1-4,16H,5-15H2. The van der Waals surface area contributed by atoms with Gasteiger partial charge in [0.1, 0.15) is 12.4 Å². The van der Waals surface area contributed by atoms with Crippen LogP contribution in [-0.4, -0.2) is 68.9 Å². The van der Waals surface area contributed by atoms with Crippen LogP contribution in [0.2, 0.25) is 5.02 Å². The number of nitrogens with zero attached hydrogens (tertiary/aromatic N) is 2. The van der Waals surface area contributed by atoms with Gasteiger partial charge in [0.2, 0.25) is 0 Å². The van der Waals surface area contributed by atoms with Gasteiger partial charge in [-0.1, -0.05) is 23.7 Å². The predicted octanol–water partition coefficient (Wildman–Crippen LogP) is 2.76. The third kappa shape index (κ3) is 5.35. The topological polar surface area (TPSA) is 24.9 Å². The number of likely N-dealkylation sites (tertiary alicyclic amines) is 1. The van der Waals surface area contributed by atoms with Crippen LogP contribution >= 0.6 is 11.6 Å². The average Bonchev–Trinajstić information content (AvgIpc) is 2.59. The molecule has 0 aliphatic carbocycles. The van der Waals surface area contributed by atoms with E-state index in [1.54, 1.807) is 0 Å². The fraction of sp³-hybridized carbons (Fsp3) is 0.667. The van der Waals surface area contributed by atoms with Crippen molar-refractivity contribution in [1.29, 1.82) is 0 Å². The van der Waals surface area contributed by atoms with Crippen LogP contribution in [0.15, 0.2) is 24.3 Å². The predicted molar refractivity (Wildman–Crippen MR) is 93.4 cm³/mol. The fourth-order valence-electron chi connectivity index (χ4n) is 3.39. The molecule has 128 valence electrons. The van der Waals surface area contributed by atoms with Crippen LogP contribution in [-0.2, 0) is 4.74 Å². The highest BCUT2D eigenvalue weighted by Crippen LogP contribution is 2.23. The first-order valence-electron chi connectivity index (χ1n) is 8.71. The normalized spacial score (nSPS) is 21.4. The molecule has 3 rings (SSSR count). The van der Waals surface area contributed by atoms with Gasteiger partial charge in [-0.2, -0.15) is 0 Å². The van der Waals surface area contributed by atoms with Gasteiger partial charge in [-0.25, -0.2) is 0 Å². The summed E-state index contributed by atoms with van der Waals surface area (Å²) in [6.07, 6.45) is 2.59. The first-order chi connectivity index (χ1) is 11.3. The summed E-state index contributed by atoms with van der Waals surface area (Å²) < 4.78 is 11.2. The second-order valence-corrected chi connectivity index (χ2v) is 6.88. The lowest BCUT2D eigenvalue weighted by Crippen LogP contribution is -2.43. The van der Waals surface area contributed by atoms with Crippen molar-refractivity contribution in [1.82, 2.24) is 9.80 Å². The van der Waals surface area contributed by atoms with Crippen molar-refractivity contribution in [3.8, 4) is 5.75 Å². The molecule has 0 amide bonds. The molecule has 1 aromatic rings. The number of rotatable bonds is 6. The molecule has 5 heteroatoms. The lowest BCUT2D eigenvalue weighted by atomic mass is 9.96. The van der Waals surface area contributed by atoms with Crippen LogP contribution in [0.5, 0.6) is 5.75 Å². The number of para-hydroxylation sites is 1. The van der Waals surface area contributed by atoms with Gasteiger partial charge in [0, 0.05) is 26.2 Å². The van der Waals surface area contributed by atoms with E-state index in [0.717, 1.165) is 44.5 Å². The monoisotopic (exact) mass is 338 g/mol. The molecule has 0 N–H and O–H groups in total. The van der Waals surface area contributed by atoms with Crippen LogP contribution in [0.4, 0.5) is 0 Å². The molecule has 2 aliphatic rings. The molecular formula is C18H27ClN2O2. The zero-order valence-corrected chi connectivity index (χ0v) is 14.5. The number of hydrogen-bond donors (Lipinski definition) is 0. The highest BCUT2D eigenvalue weighted by atomic mass is 35.5. The Morgan fingerprint density at radius 1 is 1.04 bits per heavy atom. The van der Waals surface area contributed by atoms with Crippen LogP contribution in [0.3, 0.4) is 0 Å². The van der Waals surface area contributed by atoms with Crippen molar-refractivity contribution in [2.45, 2.75) is 12.8 Å². The van der Waals surface area contributed by atoms with E-state index in [1.165, 1.54) is 32.5 Å². The molecule has 0 saturated carbocycles. The Morgan fingerprint density at radius 3 is 2.52 bits per heavy atom. The van der Waals surface area contributed by atoms with Gasteiger partial charge < -0.3 is 9.47 Å². The summed E-state index contributed by atoms with van der Waals surface area (Å²) in [6.45, 7) is 9.30. The summed E-state index contributed by atoms with van der Waals surface area (Å²) in [6, 6.07) is 7.68. The van der Waals surface area contributed by atoms with Gasteiger partial charge >= 0.3 is 0 Å². The SMILES string of the molecule is Clc1ccccc1OCCN1CCC(CN2CCOCC2)CC1. The van der Waals surface area contributed by atoms with Crippen molar-refractivity contribution in [3.63, 3.8) is 0 Å². The highest BCUT2D eigenvalue weighted by molar-refractivity contribution is 6.32. The molecule has 0 unspecified atom stereocenters. The summed E-state index contributed by atoms with van der Waals surface area (Å²) in [4.78, 5) is 5.07. The Hall–Kier alpha value is -0.810. The molecule has 2 saturated heterocycles. The van der Waals surface area contributed by atoms with Crippen LogP contribution in [0, 0.1) is 5.92 Å². The van der Waals surface area contributed by atoms with E-state index in [4.69, 9.17) is 21.1 Å². The van der Waals surface area contributed by atoms with Crippen molar-refractivity contribution < 1.29 is 9.47 Å². The Bertz CT molecular complexity index is 472. The minimum Gasteiger partial charge on any atom is -0.491 e. The quantitative estimate of drug-likeness (QED) is 0.796. The van der Waals surface area contributed by atoms with E-state index >= 15 is 0 Å². The van der Waals surface area contributed by atoms with Crippen LogP contribution < -0.4 is 4.74 Å². The summed E-state index contributed by atoms with van der Waals surface area (Å²) in [5.74, 6) is 1.63. The molecule has 23 heavy (non-hydrogen) atoms. The van der Waals surface area contributed by atoms with E-state index in [1.807, 2.05) is 24.3 Å². The smallest absolute Gasteiger partial charge is 0.137 e. The highest BCUT2D eigenvalue weighted by Gasteiger charge is 2.22. The van der Waals surface area contributed by atoms with Gasteiger partial charge in [0.05, 0.1) is 18.2 Å². The maximum absolute atomic E-state index is 6.11. The molecule has 0 spiro atoms. The lowest BCUT2D eigenvalue weighted by molar-refractivity contribution is 0.0240. The van der Waals surface area contributed by atoms with E-state index in [9.17, 15) is 0 Å². The molecule has 0 atom stereocenters. The van der Waals surface area contributed by atoms with Crippen molar-refractivity contribution in [3.05, 3.63) is 29.3 Å². The molecule has 2 fully saturated rings. The summed E-state index contributed by atoms with van der Waals surface area (Å²) in [7, 11) is 0. The zero-order chi connectivity index (χ0) is 15.9. The fourth-order valence-corrected chi connectivity index (χ4v) is 3.58. The number of morpholine rings is 1. The van der Waals surface area contributed by atoms with E-state index in [-0.39, 0.29) is 0 Å². The molecule has 2 heterocycles. The van der Waals surface area contributed by atoms with Gasteiger partial charge in [0.25, 0.3) is 0 Å². The lowest BCUT2D eigenvalue weighted by Gasteiger charge is -2.36. The third-order valence-corrected chi connectivity index (χ3v) is 5.14. The molecule has 0 aromatic heterocycles. The summed E-state index contributed by atoms with van der Waals surface area (Å²) in [5.41, 5.74) is 0. The minimum atomic E-state index is 0.691. The van der Waals surface area contributed by atoms with E-state index in [2.05, 4.69) is 9.80 Å². The van der Waals surface area contributed by atoms with Crippen LogP contribution in [0.1, 0.15) is 12.8 Å². The second kappa shape index (κ2) is 8.88. The molecule has 0 bridgehead atoms. The Balaban J connectivity index is 1.32. The van der Waals surface area contributed by atoms with Gasteiger partial charge in [-0.05, 0) is 44.0 Å². The van der Waals surface area contributed by atoms with Gasteiger partial charge in [-0.15, -0.1) is 0 Å². The Labute approximate surface area is 144 Å². The molecule has 1 aromatic carbocycles. The maximum Gasteiger partial charge on any atom is 0.137 e. The zero-order valence-electron chi connectivity index (χ0n) is 13.8.